The van der Waals surface area contributed by atoms with Gasteiger partial charge in [-0.3, -0.25) is 0 Å². The molecule has 0 saturated carbocycles. The molecule has 0 aromatic heterocycles. The van der Waals surface area contributed by atoms with Gasteiger partial charge >= 0.3 is 0 Å². The minimum atomic E-state index is -0.150. The number of rotatable bonds is 6. The van der Waals surface area contributed by atoms with E-state index in [9.17, 15) is 4.39 Å². The van der Waals surface area contributed by atoms with E-state index in [0.717, 1.165) is 18.6 Å². The molecule has 1 aromatic carbocycles. The maximum Gasteiger partial charge on any atom is 0.136 e. The number of hydrogen-bond donors (Lipinski definition) is 1. The van der Waals surface area contributed by atoms with Crippen LogP contribution in [0.2, 0.25) is 0 Å². The first kappa shape index (κ1) is 13.5. The van der Waals surface area contributed by atoms with Gasteiger partial charge in [0.1, 0.15) is 5.82 Å². The minimum absolute atomic E-state index is 0.150. The highest BCUT2D eigenvalue weighted by atomic mass is 32.2. The molecule has 1 rings (SSSR count). The van der Waals surface area contributed by atoms with Crippen molar-refractivity contribution in [3.05, 3.63) is 30.1 Å². The lowest BCUT2D eigenvalue weighted by molar-refractivity contribution is 0.472. The van der Waals surface area contributed by atoms with Crippen LogP contribution < -0.4 is 5.73 Å². The Morgan fingerprint density at radius 3 is 2.69 bits per heavy atom. The third kappa shape index (κ3) is 4.54. The molecule has 1 nitrogen and oxygen atoms in total. The van der Waals surface area contributed by atoms with Crippen molar-refractivity contribution < 1.29 is 4.39 Å². The van der Waals surface area contributed by atoms with E-state index in [2.05, 4.69) is 13.8 Å². The molecule has 0 aliphatic carbocycles. The summed E-state index contributed by atoms with van der Waals surface area (Å²) in [6.07, 6.45) is 2.16. The van der Waals surface area contributed by atoms with Gasteiger partial charge < -0.3 is 5.73 Å². The molecule has 90 valence electrons. The molecule has 2 atom stereocenters. The van der Waals surface area contributed by atoms with Gasteiger partial charge in [0.05, 0.1) is 0 Å². The summed E-state index contributed by atoms with van der Waals surface area (Å²) in [5, 5.41) is 0. The van der Waals surface area contributed by atoms with Gasteiger partial charge in [0.25, 0.3) is 0 Å². The van der Waals surface area contributed by atoms with Gasteiger partial charge in [0.2, 0.25) is 0 Å². The zero-order valence-corrected chi connectivity index (χ0v) is 10.8. The van der Waals surface area contributed by atoms with E-state index < -0.39 is 0 Å². The Balaban J connectivity index is 2.37. The van der Waals surface area contributed by atoms with Crippen molar-refractivity contribution >= 4 is 11.8 Å². The van der Waals surface area contributed by atoms with E-state index in [1.165, 1.54) is 17.8 Å². The molecule has 0 amide bonds. The van der Waals surface area contributed by atoms with Gasteiger partial charge in [-0.05, 0) is 24.5 Å². The number of hydrogen-bond acceptors (Lipinski definition) is 2. The van der Waals surface area contributed by atoms with Gasteiger partial charge in [0, 0.05) is 16.7 Å². The molecule has 0 aliphatic heterocycles. The van der Waals surface area contributed by atoms with Crippen molar-refractivity contribution in [3.8, 4) is 0 Å². The molecule has 3 heteroatoms. The molecule has 0 fully saturated rings. The van der Waals surface area contributed by atoms with E-state index in [1.807, 2.05) is 6.07 Å². The Kier molecular flexibility index (Phi) is 5.85. The Hall–Kier alpha value is -0.540. The molecular formula is C13H20FNS. The van der Waals surface area contributed by atoms with Gasteiger partial charge in [-0.2, -0.15) is 0 Å². The van der Waals surface area contributed by atoms with E-state index in [-0.39, 0.29) is 11.9 Å². The highest BCUT2D eigenvalue weighted by Gasteiger charge is 2.09. The molecule has 0 radical (unpaired) electrons. The summed E-state index contributed by atoms with van der Waals surface area (Å²) in [7, 11) is 0. The summed E-state index contributed by atoms with van der Waals surface area (Å²) in [5.41, 5.74) is 6.00. The first-order chi connectivity index (χ1) is 7.63. The van der Waals surface area contributed by atoms with Crippen LogP contribution in [0, 0.1) is 11.7 Å². The second kappa shape index (κ2) is 6.92. The van der Waals surface area contributed by atoms with Crippen LogP contribution in [0.5, 0.6) is 0 Å². The number of thioether (sulfide) groups is 1. The summed E-state index contributed by atoms with van der Waals surface area (Å²) in [6, 6.07) is 7.00. The molecule has 1 aromatic rings. The summed E-state index contributed by atoms with van der Waals surface area (Å²) >= 11 is 1.51. The first-order valence-electron chi connectivity index (χ1n) is 5.76. The highest BCUT2D eigenvalue weighted by molar-refractivity contribution is 7.99. The van der Waals surface area contributed by atoms with Gasteiger partial charge in [-0.25, -0.2) is 4.39 Å². The van der Waals surface area contributed by atoms with Crippen LogP contribution in [0.25, 0.3) is 0 Å². The summed E-state index contributed by atoms with van der Waals surface area (Å²) in [5.74, 6) is 1.28. The monoisotopic (exact) mass is 241 g/mol. The lowest BCUT2D eigenvalue weighted by Crippen LogP contribution is -2.25. The smallest absolute Gasteiger partial charge is 0.136 e. The van der Waals surface area contributed by atoms with E-state index in [4.69, 9.17) is 5.73 Å². The predicted molar refractivity (Wildman–Crippen MR) is 69.2 cm³/mol. The zero-order valence-electron chi connectivity index (χ0n) is 9.95. The van der Waals surface area contributed by atoms with Crippen molar-refractivity contribution in [2.24, 2.45) is 11.7 Å². The fourth-order valence-electron chi connectivity index (χ4n) is 1.51. The van der Waals surface area contributed by atoms with E-state index in [1.54, 1.807) is 12.1 Å². The van der Waals surface area contributed by atoms with Gasteiger partial charge in [-0.1, -0.05) is 32.4 Å². The van der Waals surface area contributed by atoms with Crippen molar-refractivity contribution in [2.75, 3.05) is 5.75 Å². The van der Waals surface area contributed by atoms with Gasteiger partial charge in [0.15, 0.2) is 0 Å². The Morgan fingerprint density at radius 2 is 2.06 bits per heavy atom. The fourth-order valence-corrected chi connectivity index (χ4v) is 2.42. The van der Waals surface area contributed by atoms with Crippen LogP contribution in [-0.4, -0.2) is 11.8 Å². The zero-order chi connectivity index (χ0) is 12.0. The molecule has 2 unspecified atom stereocenters. The largest absolute Gasteiger partial charge is 0.327 e. The Morgan fingerprint density at radius 1 is 1.38 bits per heavy atom. The number of nitrogens with two attached hydrogens (primary N) is 1. The topological polar surface area (TPSA) is 26.0 Å². The van der Waals surface area contributed by atoms with Crippen LogP contribution >= 0.6 is 11.8 Å². The summed E-state index contributed by atoms with van der Waals surface area (Å²) < 4.78 is 13.3. The van der Waals surface area contributed by atoms with Crippen molar-refractivity contribution in [1.82, 2.24) is 0 Å². The van der Waals surface area contributed by atoms with Crippen LogP contribution in [0.4, 0.5) is 4.39 Å². The van der Waals surface area contributed by atoms with Crippen molar-refractivity contribution in [1.29, 1.82) is 0 Å². The molecule has 16 heavy (non-hydrogen) atoms. The SMILES string of the molecule is CCC(C)CC(N)CSc1ccccc1F. The standard InChI is InChI=1S/C13H20FNS/c1-3-10(2)8-11(15)9-16-13-7-5-4-6-12(13)14/h4-7,10-11H,3,8-9,15H2,1-2H3. The molecule has 0 heterocycles. The lowest BCUT2D eigenvalue weighted by atomic mass is 10.0. The van der Waals surface area contributed by atoms with E-state index >= 15 is 0 Å². The first-order valence-corrected chi connectivity index (χ1v) is 6.75. The summed E-state index contributed by atoms with van der Waals surface area (Å²) in [6.45, 7) is 4.37. The fraction of sp³-hybridized carbons (Fsp3) is 0.538. The van der Waals surface area contributed by atoms with Crippen molar-refractivity contribution in [2.45, 2.75) is 37.6 Å². The quantitative estimate of drug-likeness (QED) is 0.769. The Labute approximate surface area is 102 Å². The Bertz CT molecular complexity index is 317. The third-order valence-corrected chi connectivity index (χ3v) is 3.93. The van der Waals surface area contributed by atoms with Gasteiger partial charge in [-0.15, -0.1) is 11.8 Å². The van der Waals surface area contributed by atoms with Crippen LogP contribution in [0.3, 0.4) is 0 Å². The molecule has 0 saturated heterocycles. The maximum atomic E-state index is 13.3. The van der Waals surface area contributed by atoms with Crippen LogP contribution in [0.15, 0.2) is 29.2 Å². The molecule has 0 spiro atoms. The predicted octanol–water partition coefficient (Wildman–Crippen LogP) is 3.68. The second-order valence-corrected chi connectivity index (χ2v) is 5.31. The van der Waals surface area contributed by atoms with Crippen molar-refractivity contribution in [3.63, 3.8) is 0 Å². The normalized spacial score (nSPS) is 14.8. The average molecular weight is 241 g/mol. The highest BCUT2D eigenvalue weighted by Crippen LogP contribution is 2.23. The molecular weight excluding hydrogens is 221 g/mol. The maximum absolute atomic E-state index is 13.3. The molecule has 2 N–H and O–H groups in total. The lowest BCUT2D eigenvalue weighted by Gasteiger charge is -2.15. The molecule has 0 aliphatic rings. The molecule has 0 bridgehead atoms. The van der Waals surface area contributed by atoms with Crippen LogP contribution in [-0.2, 0) is 0 Å². The average Bonchev–Trinajstić information content (AvgIpc) is 2.28. The third-order valence-electron chi connectivity index (χ3n) is 2.69. The minimum Gasteiger partial charge on any atom is -0.327 e. The summed E-state index contributed by atoms with van der Waals surface area (Å²) in [4.78, 5) is 0.696. The second-order valence-electron chi connectivity index (χ2n) is 4.25. The number of halogens is 1. The van der Waals surface area contributed by atoms with E-state index in [0.29, 0.717) is 10.8 Å². The van der Waals surface area contributed by atoms with Crippen LogP contribution in [0.1, 0.15) is 26.7 Å². The number of benzene rings is 1.